The largest absolute Gasteiger partial charge is 0.355 e. The number of hydrogen-bond donors (Lipinski definition) is 2. The van der Waals surface area contributed by atoms with E-state index >= 15 is 0 Å². The average Bonchev–Trinajstić information content (AvgIpc) is 1.84. The van der Waals surface area contributed by atoms with Crippen molar-refractivity contribution in [3.8, 4) is 0 Å². The molecule has 4 heteroatoms. The molecule has 0 amide bonds. The summed E-state index contributed by atoms with van der Waals surface area (Å²) in [5.41, 5.74) is 5.48. The first kappa shape index (κ1) is 5.47. The van der Waals surface area contributed by atoms with Gasteiger partial charge >= 0.3 is 0 Å². The van der Waals surface area contributed by atoms with Crippen LogP contribution < -0.4 is 11.1 Å². The van der Waals surface area contributed by atoms with Gasteiger partial charge in [-0.3, -0.25) is 5.73 Å². The monoisotopic (exact) mass is 180 g/mol. The highest BCUT2D eigenvalue weighted by Crippen LogP contribution is 2.28. The summed E-state index contributed by atoms with van der Waals surface area (Å²) in [6.07, 6.45) is 1.80. The predicted molar refractivity (Wildman–Crippen MR) is 35.7 cm³/mol. The van der Waals surface area contributed by atoms with Crippen molar-refractivity contribution in [1.82, 2.24) is 5.32 Å². The number of alkyl halides is 1. The molecule has 0 saturated carbocycles. The van der Waals surface area contributed by atoms with Crippen LogP contribution in [0.2, 0.25) is 0 Å². The number of nitrogens with one attached hydrogen (secondary N) is 1. The third-order valence-electron chi connectivity index (χ3n) is 0.588. The highest BCUT2D eigenvalue weighted by molar-refractivity contribution is 9.11. The van der Waals surface area contributed by atoms with Crippen LogP contribution in [0.3, 0.4) is 0 Å². The maximum atomic E-state index is 5.48. The zero-order valence-electron chi connectivity index (χ0n) is 3.52. The van der Waals surface area contributed by atoms with E-state index in [1.807, 2.05) is 5.41 Å². The summed E-state index contributed by atoms with van der Waals surface area (Å²) in [5, 5.41) is 4.77. The van der Waals surface area contributed by atoms with Gasteiger partial charge in [0, 0.05) is 6.20 Å². The zero-order chi connectivity index (χ0) is 5.33. The van der Waals surface area contributed by atoms with Gasteiger partial charge in [-0.1, -0.05) is 11.8 Å². The molecule has 3 N–H and O–H groups in total. The van der Waals surface area contributed by atoms with E-state index in [1.165, 1.54) is 11.8 Å². The molecule has 0 aromatic heterocycles. The Balaban J connectivity index is 2.49. The third-order valence-corrected chi connectivity index (χ3v) is 2.11. The van der Waals surface area contributed by atoms with Gasteiger partial charge in [-0.2, -0.15) is 0 Å². The zero-order valence-corrected chi connectivity index (χ0v) is 5.92. The topological polar surface area (TPSA) is 38.0 Å². The van der Waals surface area contributed by atoms with Gasteiger partial charge < -0.3 is 5.32 Å². The number of halogens is 1. The molecule has 1 atom stereocenters. The summed E-state index contributed by atoms with van der Waals surface area (Å²) in [6, 6.07) is 0. The lowest BCUT2D eigenvalue weighted by Crippen LogP contribution is -2.37. The summed E-state index contributed by atoms with van der Waals surface area (Å²) in [5.74, 6) is 0. The quantitative estimate of drug-likeness (QED) is 0.428. The van der Waals surface area contributed by atoms with Crippen molar-refractivity contribution in [2.45, 2.75) is 3.90 Å². The van der Waals surface area contributed by atoms with Gasteiger partial charge in [0.2, 0.25) is 0 Å². The van der Waals surface area contributed by atoms with Crippen molar-refractivity contribution in [3.05, 3.63) is 11.6 Å². The van der Waals surface area contributed by atoms with E-state index in [4.69, 9.17) is 5.73 Å². The molecule has 1 aliphatic rings. The number of thioether (sulfide) groups is 1. The predicted octanol–water partition coefficient (Wildman–Crippen LogP) is 0.759. The van der Waals surface area contributed by atoms with E-state index in [0.29, 0.717) is 0 Å². The Bertz CT molecular complexity index is 91.1. The van der Waals surface area contributed by atoms with Gasteiger partial charge in [0.25, 0.3) is 0 Å². The van der Waals surface area contributed by atoms with Crippen LogP contribution in [0.5, 0.6) is 0 Å². The fourth-order valence-corrected chi connectivity index (χ4v) is 1.24. The van der Waals surface area contributed by atoms with Crippen LogP contribution in [0, 0.1) is 0 Å². The molecule has 1 heterocycles. The molecule has 1 unspecified atom stereocenters. The molecule has 0 aromatic rings. The second kappa shape index (κ2) is 1.69. The second-order valence-corrected chi connectivity index (χ2v) is 4.14. The molecular weight excluding hydrogens is 176 g/mol. The van der Waals surface area contributed by atoms with Crippen molar-refractivity contribution in [2.24, 2.45) is 5.73 Å². The Morgan fingerprint density at radius 2 is 2.57 bits per heavy atom. The third kappa shape index (κ3) is 1.36. The van der Waals surface area contributed by atoms with Crippen molar-refractivity contribution in [2.75, 3.05) is 0 Å². The van der Waals surface area contributed by atoms with E-state index in [9.17, 15) is 0 Å². The maximum Gasteiger partial charge on any atom is 0.195 e. The molecule has 0 aliphatic carbocycles. The average molecular weight is 181 g/mol. The van der Waals surface area contributed by atoms with Gasteiger partial charge in [-0.25, -0.2) is 0 Å². The number of rotatable bonds is 0. The lowest BCUT2D eigenvalue weighted by molar-refractivity contribution is 0.792. The molecule has 2 nitrogen and oxygen atoms in total. The van der Waals surface area contributed by atoms with Crippen LogP contribution in [-0.4, -0.2) is 3.90 Å². The molecule has 0 fully saturated rings. The first-order valence-corrected chi connectivity index (χ1v) is 3.46. The van der Waals surface area contributed by atoms with E-state index in [0.717, 1.165) is 0 Å². The lowest BCUT2D eigenvalue weighted by atomic mass is 10.9. The molecule has 0 spiro atoms. The number of nitrogens with two attached hydrogens (primary N) is 1. The fraction of sp³-hybridized carbons (Fsp3) is 0.333. The Morgan fingerprint density at radius 1 is 1.86 bits per heavy atom. The van der Waals surface area contributed by atoms with Gasteiger partial charge in [-0.15, -0.1) is 0 Å². The van der Waals surface area contributed by atoms with Gasteiger partial charge in [0.15, 0.2) is 3.90 Å². The van der Waals surface area contributed by atoms with Crippen LogP contribution >= 0.6 is 27.7 Å². The molecule has 0 saturated heterocycles. The Labute approximate surface area is 54.7 Å². The Kier molecular flexibility index (Phi) is 1.32. The minimum Gasteiger partial charge on any atom is -0.355 e. The first-order valence-electron chi connectivity index (χ1n) is 1.79. The van der Waals surface area contributed by atoms with Crippen LogP contribution in [0.1, 0.15) is 0 Å². The number of hydrogen-bond acceptors (Lipinski definition) is 3. The first-order chi connectivity index (χ1) is 3.21. The van der Waals surface area contributed by atoms with Crippen LogP contribution in [-0.2, 0) is 0 Å². The SMILES string of the molecule is NC1(Br)NC=CS1. The van der Waals surface area contributed by atoms with E-state index in [-0.39, 0.29) is 0 Å². The van der Waals surface area contributed by atoms with E-state index < -0.39 is 3.90 Å². The Hall–Kier alpha value is 0.330. The molecule has 7 heavy (non-hydrogen) atoms. The van der Waals surface area contributed by atoms with E-state index in [1.54, 1.807) is 6.20 Å². The van der Waals surface area contributed by atoms with Gasteiger partial charge in [-0.05, 0) is 21.3 Å². The Morgan fingerprint density at radius 3 is 2.71 bits per heavy atom. The van der Waals surface area contributed by atoms with Crippen molar-refractivity contribution in [1.29, 1.82) is 0 Å². The standard InChI is InChI=1S/C3H5BrN2S/c4-3(5)6-1-2-7-3/h1-2,6H,5H2. The molecule has 40 valence electrons. The molecule has 1 rings (SSSR count). The van der Waals surface area contributed by atoms with Crippen molar-refractivity contribution < 1.29 is 0 Å². The van der Waals surface area contributed by atoms with Gasteiger partial charge in [0.1, 0.15) is 0 Å². The summed E-state index contributed by atoms with van der Waals surface area (Å²) in [7, 11) is 0. The summed E-state index contributed by atoms with van der Waals surface area (Å²) in [6.45, 7) is 0. The minimum absolute atomic E-state index is 0.437. The fourth-order valence-electron chi connectivity index (χ4n) is 0.315. The lowest BCUT2D eigenvalue weighted by Gasteiger charge is -2.12. The normalized spacial score (nSPS) is 38.6. The molecule has 1 aliphatic heterocycles. The molecule has 0 radical (unpaired) electrons. The van der Waals surface area contributed by atoms with Crippen molar-refractivity contribution in [3.63, 3.8) is 0 Å². The van der Waals surface area contributed by atoms with Crippen LogP contribution in [0.25, 0.3) is 0 Å². The minimum atomic E-state index is -0.437. The highest BCUT2D eigenvalue weighted by atomic mass is 79.9. The molecule has 0 bridgehead atoms. The molecular formula is C3H5BrN2S. The van der Waals surface area contributed by atoms with Gasteiger partial charge in [0.05, 0.1) is 0 Å². The van der Waals surface area contributed by atoms with Crippen LogP contribution in [0.4, 0.5) is 0 Å². The summed E-state index contributed by atoms with van der Waals surface area (Å²) < 4.78 is -0.437. The van der Waals surface area contributed by atoms with Crippen LogP contribution in [0.15, 0.2) is 11.6 Å². The maximum absolute atomic E-state index is 5.48. The smallest absolute Gasteiger partial charge is 0.195 e. The summed E-state index contributed by atoms with van der Waals surface area (Å²) >= 11 is 4.71. The van der Waals surface area contributed by atoms with Crippen molar-refractivity contribution >= 4 is 27.7 Å². The van der Waals surface area contributed by atoms with E-state index in [2.05, 4.69) is 21.2 Å². The summed E-state index contributed by atoms with van der Waals surface area (Å²) in [4.78, 5) is 0. The highest BCUT2D eigenvalue weighted by Gasteiger charge is 2.20. The molecule has 0 aromatic carbocycles. The second-order valence-electron chi connectivity index (χ2n) is 1.21.